The average molecular weight is 582 g/mol. The predicted octanol–water partition coefficient (Wildman–Crippen LogP) is 11.6. The molecule has 0 N–H and O–H groups in total. The fraction of sp³-hybridized carbons (Fsp3) is 0.0244. The fourth-order valence-electron chi connectivity index (χ4n) is 6.84. The van der Waals surface area contributed by atoms with Gasteiger partial charge in [-0.3, -0.25) is 0 Å². The van der Waals surface area contributed by atoms with Gasteiger partial charge in [0.15, 0.2) is 0 Å². The Bertz CT molecular complexity index is 2510. The van der Waals surface area contributed by atoms with Crippen molar-refractivity contribution < 1.29 is 4.74 Å². The molecule has 0 radical (unpaired) electrons. The third-order valence-corrected chi connectivity index (χ3v) is 10.1. The second-order valence-corrected chi connectivity index (χ2v) is 12.3. The normalized spacial score (nSPS) is 11.8. The minimum Gasteiger partial charge on any atom is -0.497 e. The van der Waals surface area contributed by atoms with E-state index < -0.39 is 0 Å². The van der Waals surface area contributed by atoms with E-state index in [1.807, 2.05) is 23.5 Å². The van der Waals surface area contributed by atoms with Crippen molar-refractivity contribution in [2.75, 3.05) is 7.11 Å². The number of para-hydroxylation sites is 1. The second kappa shape index (κ2) is 9.84. The summed E-state index contributed by atoms with van der Waals surface area (Å²) in [5.74, 6) is 0.870. The Labute approximate surface area is 259 Å². The lowest BCUT2D eigenvalue weighted by Gasteiger charge is -2.11. The Kier molecular flexibility index (Phi) is 5.62. The maximum atomic E-state index is 5.41. The highest BCUT2D eigenvalue weighted by molar-refractivity contribution is 7.27. The summed E-state index contributed by atoms with van der Waals surface area (Å²) in [6, 6.07) is 52.7. The van der Waals surface area contributed by atoms with Crippen LogP contribution in [0.2, 0.25) is 0 Å². The third-order valence-electron chi connectivity index (χ3n) is 8.88. The average Bonchev–Trinajstić information content (AvgIpc) is 3.65. The molecular formula is C41H27NOS. The zero-order chi connectivity index (χ0) is 29.2. The number of thiophene rings is 1. The molecule has 0 atom stereocenters. The van der Waals surface area contributed by atoms with E-state index in [0.717, 1.165) is 5.75 Å². The van der Waals surface area contributed by atoms with Crippen LogP contribution >= 0.6 is 11.3 Å². The topological polar surface area (TPSA) is 14.2 Å². The summed E-state index contributed by atoms with van der Waals surface area (Å²) in [6.45, 7) is 0. The summed E-state index contributed by atoms with van der Waals surface area (Å²) in [6.07, 6.45) is 0. The fourth-order valence-corrected chi connectivity index (χ4v) is 8.10. The number of ether oxygens (including phenoxy) is 1. The summed E-state index contributed by atoms with van der Waals surface area (Å²) in [5, 5.41) is 7.80. The first-order valence-corrected chi connectivity index (χ1v) is 15.7. The lowest BCUT2D eigenvalue weighted by atomic mass is 9.97. The molecule has 0 bridgehead atoms. The number of aromatic nitrogens is 1. The van der Waals surface area contributed by atoms with Crippen LogP contribution in [0.5, 0.6) is 5.75 Å². The smallest absolute Gasteiger partial charge is 0.118 e. The molecule has 0 unspecified atom stereocenters. The molecule has 0 spiro atoms. The van der Waals surface area contributed by atoms with Gasteiger partial charge >= 0.3 is 0 Å². The van der Waals surface area contributed by atoms with Crippen LogP contribution in [0.15, 0.2) is 146 Å². The van der Waals surface area contributed by atoms with E-state index in [2.05, 4.69) is 138 Å². The molecule has 0 aliphatic carbocycles. The number of rotatable bonds is 4. The summed E-state index contributed by atoms with van der Waals surface area (Å²) in [7, 11) is 1.71. The van der Waals surface area contributed by atoms with Crippen LogP contribution in [0.4, 0.5) is 0 Å². The van der Waals surface area contributed by atoms with Gasteiger partial charge < -0.3 is 9.30 Å². The molecule has 208 valence electrons. The summed E-state index contributed by atoms with van der Waals surface area (Å²) in [4.78, 5) is 0. The van der Waals surface area contributed by atoms with Crippen LogP contribution in [0.25, 0.3) is 80.7 Å². The highest BCUT2D eigenvalue weighted by Crippen LogP contribution is 2.49. The van der Waals surface area contributed by atoms with E-state index in [0.29, 0.717) is 0 Å². The number of methoxy groups -OCH3 is 1. The van der Waals surface area contributed by atoms with Crippen LogP contribution in [0, 0.1) is 0 Å². The van der Waals surface area contributed by atoms with E-state index in [-0.39, 0.29) is 0 Å². The molecule has 3 heteroatoms. The summed E-state index contributed by atoms with van der Waals surface area (Å²) in [5.41, 5.74) is 8.50. The van der Waals surface area contributed by atoms with Crippen molar-refractivity contribution in [3.05, 3.63) is 146 Å². The third kappa shape index (κ3) is 3.73. The summed E-state index contributed by atoms with van der Waals surface area (Å²) >= 11 is 1.91. The highest BCUT2D eigenvalue weighted by Gasteiger charge is 2.22. The lowest BCUT2D eigenvalue weighted by molar-refractivity contribution is 0.415. The van der Waals surface area contributed by atoms with Crippen LogP contribution in [-0.2, 0) is 0 Å². The largest absolute Gasteiger partial charge is 0.497 e. The monoisotopic (exact) mass is 581 g/mol. The van der Waals surface area contributed by atoms with Crippen molar-refractivity contribution in [3.8, 4) is 33.7 Å². The summed E-state index contributed by atoms with van der Waals surface area (Å²) < 4.78 is 10.5. The molecule has 2 heterocycles. The van der Waals surface area contributed by atoms with Gasteiger partial charge in [0.2, 0.25) is 0 Å². The van der Waals surface area contributed by atoms with Gasteiger partial charge in [-0.25, -0.2) is 0 Å². The number of hydrogen-bond acceptors (Lipinski definition) is 2. The lowest BCUT2D eigenvalue weighted by Crippen LogP contribution is -1.94. The number of nitrogens with zero attached hydrogens (tertiary/aromatic N) is 1. The number of benzene rings is 7. The van der Waals surface area contributed by atoms with Crippen LogP contribution in [0.1, 0.15) is 0 Å². The van der Waals surface area contributed by atoms with Gasteiger partial charge in [-0.05, 0) is 70.1 Å². The zero-order valence-electron chi connectivity index (χ0n) is 24.1. The van der Waals surface area contributed by atoms with Crippen molar-refractivity contribution in [1.29, 1.82) is 0 Å². The molecule has 0 saturated heterocycles. The maximum absolute atomic E-state index is 5.41. The molecule has 9 aromatic rings. The van der Waals surface area contributed by atoms with E-state index in [9.17, 15) is 0 Å². The SMILES string of the molecule is COc1ccc(-c2ccc3sc4c(c3c2)c2ccccc2c2c4c3ccc(-c4ccccc4)cc3n2-c2ccccc2)cc1. The molecule has 44 heavy (non-hydrogen) atoms. The van der Waals surface area contributed by atoms with Crippen LogP contribution in [-0.4, -0.2) is 11.7 Å². The van der Waals surface area contributed by atoms with Crippen LogP contribution in [0.3, 0.4) is 0 Å². The Hall–Kier alpha value is -5.38. The quantitative estimate of drug-likeness (QED) is 0.202. The number of fused-ring (bicyclic) bond motifs is 10. The molecule has 0 saturated carbocycles. The van der Waals surface area contributed by atoms with E-state index >= 15 is 0 Å². The van der Waals surface area contributed by atoms with Gasteiger partial charge in [0.05, 0.1) is 18.1 Å². The first-order chi connectivity index (χ1) is 21.8. The minimum atomic E-state index is 0.870. The highest BCUT2D eigenvalue weighted by atomic mass is 32.1. The molecular weight excluding hydrogens is 555 g/mol. The molecule has 2 nitrogen and oxygen atoms in total. The van der Waals surface area contributed by atoms with Crippen molar-refractivity contribution in [3.63, 3.8) is 0 Å². The molecule has 0 aliphatic rings. The Morgan fingerprint density at radius 1 is 0.500 bits per heavy atom. The predicted molar refractivity (Wildman–Crippen MR) is 189 cm³/mol. The minimum absolute atomic E-state index is 0.870. The molecule has 0 fully saturated rings. The van der Waals surface area contributed by atoms with Gasteiger partial charge in [-0.15, -0.1) is 11.3 Å². The zero-order valence-corrected chi connectivity index (χ0v) is 24.9. The van der Waals surface area contributed by atoms with Gasteiger partial charge in [0.25, 0.3) is 0 Å². The molecule has 9 rings (SSSR count). The Morgan fingerprint density at radius 3 is 1.91 bits per heavy atom. The van der Waals surface area contributed by atoms with E-state index in [1.54, 1.807) is 7.11 Å². The maximum Gasteiger partial charge on any atom is 0.118 e. The van der Waals surface area contributed by atoms with Crippen molar-refractivity contribution in [2.24, 2.45) is 0 Å². The standard InChI is InChI=1S/C41H27NOS/c1-43-31-20-16-27(17-21-31)28-19-23-37-35(24-28)38-32-14-8-9-15-33(32)40-39(41(38)44-37)34-22-18-29(26-10-4-2-5-11-26)25-36(34)42(40)30-12-6-3-7-13-30/h2-25H,1H3. The van der Waals surface area contributed by atoms with Crippen molar-refractivity contribution in [1.82, 2.24) is 4.57 Å². The molecule has 0 amide bonds. The molecule has 0 aliphatic heterocycles. The van der Waals surface area contributed by atoms with Gasteiger partial charge in [-0.1, -0.05) is 103 Å². The molecule has 7 aromatic carbocycles. The van der Waals surface area contributed by atoms with Crippen LogP contribution < -0.4 is 4.74 Å². The molecule has 2 aromatic heterocycles. The van der Waals surface area contributed by atoms with Gasteiger partial charge in [0.1, 0.15) is 5.75 Å². The van der Waals surface area contributed by atoms with Crippen molar-refractivity contribution in [2.45, 2.75) is 0 Å². The van der Waals surface area contributed by atoms with E-state index in [4.69, 9.17) is 4.74 Å². The Morgan fingerprint density at radius 2 is 1.14 bits per heavy atom. The van der Waals surface area contributed by atoms with Gasteiger partial charge in [-0.2, -0.15) is 0 Å². The first-order valence-electron chi connectivity index (χ1n) is 14.9. The Balaban J connectivity index is 1.43. The van der Waals surface area contributed by atoms with E-state index in [1.165, 1.54) is 80.7 Å². The first kappa shape index (κ1) is 25.1. The van der Waals surface area contributed by atoms with Crippen molar-refractivity contribution >= 4 is 64.1 Å². The van der Waals surface area contributed by atoms with Gasteiger partial charge in [0, 0.05) is 42.0 Å². The number of hydrogen-bond donors (Lipinski definition) is 0. The second-order valence-electron chi connectivity index (χ2n) is 11.3.